The molecule has 2 aromatic carbocycles. The van der Waals surface area contributed by atoms with Crippen LogP contribution in [0.5, 0.6) is 0 Å². The molecule has 0 saturated carbocycles. The monoisotopic (exact) mass is 507 g/mol. The van der Waals surface area contributed by atoms with E-state index in [1.165, 1.54) is 41.6 Å². The van der Waals surface area contributed by atoms with Gasteiger partial charge in [-0.15, -0.1) is 0 Å². The number of para-hydroxylation sites is 1. The van der Waals surface area contributed by atoms with E-state index >= 15 is 0 Å². The summed E-state index contributed by atoms with van der Waals surface area (Å²) in [7, 11) is 1.77. The second kappa shape index (κ2) is 9.95. The van der Waals surface area contributed by atoms with E-state index in [9.17, 15) is 14.0 Å². The maximum absolute atomic E-state index is 13.6. The molecule has 180 valence electrons. The molecule has 2 aliphatic heterocycles. The SMILES string of the molecule is Cn1c(=O)c(C=C2SC(=S)N(Cc3ccc(F)cc3)C2=O)c(N2CCCCCC2)c2ccccc21. The van der Waals surface area contributed by atoms with E-state index in [1.54, 1.807) is 29.8 Å². The van der Waals surface area contributed by atoms with Crippen LogP contribution in [0.4, 0.5) is 10.1 Å². The standard InChI is InChI=1S/C27H26FN3O2S2/c1-29-22-9-5-4-8-20(22)24(30-14-6-2-3-7-15-30)21(25(29)32)16-23-26(33)31(27(34)35-23)17-18-10-12-19(28)13-11-18/h4-5,8-13,16H,2-3,6-7,14-15,17H2,1H3. The summed E-state index contributed by atoms with van der Waals surface area (Å²) in [6.45, 7) is 2.02. The highest BCUT2D eigenvalue weighted by Gasteiger charge is 2.33. The molecule has 3 aromatic rings. The van der Waals surface area contributed by atoms with Crippen molar-refractivity contribution in [1.29, 1.82) is 0 Å². The Hall–Kier alpha value is -2.97. The molecule has 1 amide bonds. The van der Waals surface area contributed by atoms with Gasteiger partial charge >= 0.3 is 0 Å². The van der Waals surface area contributed by atoms with Crippen molar-refractivity contribution in [2.24, 2.45) is 7.05 Å². The smallest absolute Gasteiger partial charge is 0.266 e. The van der Waals surface area contributed by atoms with Gasteiger partial charge in [0, 0.05) is 25.5 Å². The third-order valence-corrected chi connectivity index (χ3v) is 8.01. The number of amides is 1. The van der Waals surface area contributed by atoms with Gasteiger partial charge in [0.15, 0.2) is 0 Å². The maximum atomic E-state index is 13.6. The van der Waals surface area contributed by atoms with Crippen LogP contribution in [0.15, 0.2) is 58.2 Å². The number of anilines is 1. The van der Waals surface area contributed by atoms with Crippen molar-refractivity contribution in [2.45, 2.75) is 32.2 Å². The predicted molar refractivity (Wildman–Crippen MR) is 145 cm³/mol. The van der Waals surface area contributed by atoms with E-state index in [1.807, 2.05) is 24.3 Å². The third-order valence-electron chi connectivity index (χ3n) is 6.64. The van der Waals surface area contributed by atoms with Crippen molar-refractivity contribution < 1.29 is 9.18 Å². The van der Waals surface area contributed by atoms with Crippen LogP contribution in [0.1, 0.15) is 36.8 Å². The van der Waals surface area contributed by atoms with Crippen LogP contribution in [-0.4, -0.2) is 32.8 Å². The number of carbonyl (C=O) groups excluding carboxylic acids is 1. The van der Waals surface area contributed by atoms with Gasteiger partial charge in [-0.05, 0) is 42.7 Å². The number of hydrogen-bond acceptors (Lipinski definition) is 5. The first-order valence-electron chi connectivity index (χ1n) is 11.8. The van der Waals surface area contributed by atoms with Gasteiger partial charge in [0.2, 0.25) is 0 Å². The van der Waals surface area contributed by atoms with E-state index < -0.39 is 0 Å². The molecular formula is C27H26FN3O2S2. The van der Waals surface area contributed by atoms with E-state index in [0.29, 0.717) is 14.8 Å². The molecule has 0 unspecified atom stereocenters. The zero-order valence-electron chi connectivity index (χ0n) is 19.5. The van der Waals surface area contributed by atoms with E-state index in [-0.39, 0.29) is 23.8 Å². The van der Waals surface area contributed by atoms with Crippen LogP contribution in [-0.2, 0) is 18.4 Å². The first kappa shape index (κ1) is 23.8. The highest BCUT2D eigenvalue weighted by atomic mass is 32.2. The summed E-state index contributed by atoms with van der Waals surface area (Å²) >= 11 is 6.71. The summed E-state index contributed by atoms with van der Waals surface area (Å²) in [5.41, 5.74) is 2.95. The molecule has 2 aliphatic rings. The number of rotatable bonds is 4. The molecule has 2 saturated heterocycles. The van der Waals surface area contributed by atoms with Gasteiger partial charge in [-0.25, -0.2) is 4.39 Å². The minimum absolute atomic E-state index is 0.133. The van der Waals surface area contributed by atoms with Crippen molar-refractivity contribution in [3.05, 3.63) is 80.7 Å². The Kier molecular flexibility index (Phi) is 6.75. The quantitative estimate of drug-likeness (QED) is 0.347. The van der Waals surface area contributed by atoms with Crippen molar-refractivity contribution >= 4 is 56.9 Å². The number of thiocarbonyl (C=S) groups is 1. The summed E-state index contributed by atoms with van der Waals surface area (Å²) in [5.74, 6) is -0.562. The van der Waals surface area contributed by atoms with Gasteiger partial charge in [0.05, 0.1) is 28.2 Å². The number of benzene rings is 2. The fraction of sp³-hybridized carbons (Fsp3) is 0.296. The Balaban J connectivity index is 1.59. The van der Waals surface area contributed by atoms with Crippen LogP contribution in [0.2, 0.25) is 0 Å². The topological polar surface area (TPSA) is 45.6 Å². The van der Waals surface area contributed by atoms with Crippen LogP contribution < -0.4 is 10.5 Å². The number of aromatic nitrogens is 1. The van der Waals surface area contributed by atoms with Crippen LogP contribution in [0.3, 0.4) is 0 Å². The largest absolute Gasteiger partial charge is 0.370 e. The molecule has 5 nitrogen and oxygen atoms in total. The molecule has 0 bridgehead atoms. The highest BCUT2D eigenvalue weighted by molar-refractivity contribution is 8.26. The summed E-state index contributed by atoms with van der Waals surface area (Å²) in [6, 6.07) is 14.0. The number of pyridine rings is 1. The number of hydrogen-bond donors (Lipinski definition) is 0. The third kappa shape index (κ3) is 4.65. The lowest BCUT2D eigenvalue weighted by atomic mass is 10.1. The Labute approximate surface area is 213 Å². The first-order valence-corrected chi connectivity index (χ1v) is 13.0. The number of halogens is 1. The summed E-state index contributed by atoms with van der Waals surface area (Å²) < 4.78 is 15.4. The van der Waals surface area contributed by atoms with Gasteiger partial charge in [-0.3, -0.25) is 14.5 Å². The highest BCUT2D eigenvalue weighted by Crippen LogP contribution is 2.37. The van der Waals surface area contributed by atoms with E-state index in [0.717, 1.165) is 48.1 Å². The zero-order chi connectivity index (χ0) is 24.5. The van der Waals surface area contributed by atoms with Gasteiger partial charge in [-0.1, -0.05) is 67.2 Å². The Morgan fingerprint density at radius 3 is 2.40 bits per heavy atom. The normalized spacial score (nSPS) is 18.1. The Morgan fingerprint density at radius 2 is 1.69 bits per heavy atom. The summed E-state index contributed by atoms with van der Waals surface area (Å²) in [6.07, 6.45) is 6.22. The van der Waals surface area contributed by atoms with Crippen LogP contribution in [0, 0.1) is 5.82 Å². The van der Waals surface area contributed by atoms with Crippen molar-refractivity contribution in [3.8, 4) is 0 Å². The first-order chi connectivity index (χ1) is 16.9. The van der Waals surface area contributed by atoms with E-state index in [4.69, 9.17) is 12.2 Å². The van der Waals surface area contributed by atoms with Crippen molar-refractivity contribution in [1.82, 2.24) is 9.47 Å². The summed E-state index contributed by atoms with van der Waals surface area (Å²) in [4.78, 5) is 31.2. The van der Waals surface area contributed by atoms with Gasteiger partial charge in [0.1, 0.15) is 10.1 Å². The van der Waals surface area contributed by atoms with E-state index in [2.05, 4.69) is 4.90 Å². The average molecular weight is 508 g/mol. The second-order valence-corrected chi connectivity index (χ2v) is 10.6. The minimum atomic E-state index is -0.327. The molecule has 0 spiro atoms. The molecule has 0 N–H and O–H groups in total. The number of fused-ring (bicyclic) bond motifs is 1. The summed E-state index contributed by atoms with van der Waals surface area (Å²) in [5, 5.41) is 1.00. The fourth-order valence-electron chi connectivity index (χ4n) is 4.81. The van der Waals surface area contributed by atoms with Gasteiger partial charge in [-0.2, -0.15) is 0 Å². The number of thioether (sulfide) groups is 1. The lowest BCUT2D eigenvalue weighted by Crippen LogP contribution is -2.30. The Bertz CT molecular complexity index is 1390. The number of aryl methyl sites for hydroxylation is 1. The molecule has 3 heterocycles. The molecule has 0 aliphatic carbocycles. The van der Waals surface area contributed by atoms with Gasteiger partial charge < -0.3 is 9.47 Å². The minimum Gasteiger partial charge on any atom is -0.370 e. The Morgan fingerprint density at radius 1 is 1.00 bits per heavy atom. The van der Waals surface area contributed by atoms with Gasteiger partial charge in [0.25, 0.3) is 11.5 Å². The molecule has 8 heteroatoms. The molecule has 2 fully saturated rings. The number of carbonyl (C=O) groups is 1. The van der Waals surface area contributed by atoms with Crippen molar-refractivity contribution in [3.63, 3.8) is 0 Å². The maximum Gasteiger partial charge on any atom is 0.266 e. The van der Waals surface area contributed by atoms with Crippen LogP contribution >= 0.6 is 24.0 Å². The fourth-order valence-corrected chi connectivity index (χ4v) is 6.04. The molecule has 5 rings (SSSR count). The predicted octanol–water partition coefficient (Wildman–Crippen LogP) is 5.46. The lowest BCUT2D eigenvalue weighted by molar-refractivity contribution is -0.122. The number of nitrogens with zero attached hydrogens (tertiary/aromatic N) is 3. The molecule has 0 radical (unpaired) electrons. The lowest BCUT2D eigenvalue weighted by Gasteiger charge is -2.27. The zero-order valence-corrected chi connectivity index (χ0v) is 21.1. The average Bonchev–Trinajstić information content (AvgIpc) is 3.03. The second-order valence-electron chi connectivity index (χ2n) is 8.94. The molecular weight excluding hydrogens is 481 g/mol. The molecule has 1 aromatic heterocycles. The van der Waals surface area contributed by atoms with Crippen molar-refractivity contribution in [2.75, 3.05) is 18.0 Å². The molecule has 0 atom stereocenters. The molecule has 35 heavy (non-hydrogen) atoms. The van der Waals surface area contributed by atoms with Crippen LogP contribution in [0.25, 0.3) is 17.0 Å².